The molecule has 4 heteroatoms. The molecule has 0 heterocycles. The molecular weight excluding hydrogens is 332 g/mol. The van der Waals surface area contributed by atoms with Crippen LogP contribution in [0, 0.1) is 0 Å². The van der Waals surface area contributed by atoms with Crippen molar-refractivity contribution in [2.75, 3.05) is 14.2 Å². The highest BCUT2D eigenvalue weighted by molar-refractivity contribution is 7.99. The maximum Gasteiger partial charge on any atom is 0.407 e. The molecule has 0 amide bonds. The van der Waals surface area contributed by atoms with Gasteiger partial charge in [0.1, 0.15) is 0 Å². The first-order valence-corrected chi connectivity index (χ1v) is 10.4. The van der Waals surface area contributed by atoms with Gasteiger partial charge in [0.15, 0.2) is 0 Å². The monoisotopic (exact) mass is 352 g/mol. The maximum atomic E-state index is 6.04. The van der Waals surface area contributed by atoms with Crippen LogP contribution in [-0.2, 0) is 8.85 Å². The summed E-state index contributed by atoms with van der Waals surface area (Å²) in [5.41, 5.74) is 0. The predicted molar refractivity (Wildman–Crippen MR) is 102 cm³/mol. The van der Waals surface area contributed by atoms with Crippen LogP contribution in [-0.4, -0.2) is 22.8 Å². The smallest absolute Gasteiger partial charge is 0.391 e. The lowest BCUT2D eigenvalue weighted by atomic mass is 10.4. The van der Waals surface area contributed by atoms with Crippen molar-refractivity contribution in [2.24, 2.45) is 0 Å². The van der Waals surface area contributed by atoms with E-state index in [0.717, 1.165) is 10.4 Å². The molecule has 0 aliphatic carbocycles. The minimum absolute atomic E-state index is 1.11. The molecule has 2 nitrogen and oxygen atoms in total. The van der Waals surface area contributed by atoms with E-state index in [9.17, 15) is 0 Å². The average Bonchev–Trinajstić information content (AvgIpc) is 2.66. The van der Waals surface area contributed by atoms with Crippen LogP contribution in [0.4, 0.5) is 0 Å². The second-order valence-corrected chi connectivity index (χ2v) is 9.58. The highest BCUT2D eigenvalue weighted by atomic mass is 32.2. The van der Waals surface area contributed by atoms with Gasteiger partial charge < -0.3 is 8.85 Å². The Balaban J connectivity index is 2.09. The van der Waals surface area contributed by atoms with Crippen molar-refractivity contribution >= 4 is 30.7 Å². The van der Waals surface area contributed by atoms with Gasteiger partial charge >= 0.3 is 8.56 Å². The first-order chi connectivity index (χ1) is 11.8. The van der Waals surface area contributed by atoms with E-state index in [1.54, 1.807) is 26.0 Å². The highest BCUT2D eigenvalue weighted by Gasteiger charge is 2.42. The van der Waals surface area contributed by atoms with Gasteiger partial charge in [0.05, 0.1) is 0 Å². The SMILES string of the molecule is CO[Si](OC)(c1ccccc1)c1ccccc1Sc1ccccc1. The van der Waals surface area contributed by atoms with Crippen LogP contribution >= 0.6 is 11.8 Å². The quantitative estimate of drug-likeness (QED) is 0.631. The molecule has 122 valence electrons. The predicted octanol–water partition coefficient (Wildman–Crippen LogP) is 3.69. The number of benzene rings is 3. The Morgan fingerprint density at radius 1 is 0.667 bits per heavy atom. The number of hydrogen-bond acceptors (Lipinski definition) is 3. The van der Waals surface area contributed by atoms with Crippen molar-refractivity contribution < 1.29 is 8.85 Å². The maximum absolute atomic E-state index is 6.04. The summed E-state index contributed by atoms with van der Waals surface area (Å²) in [7, 11) is 0.771. The van der Waals surface area contributed by atoms with Crippen LogP contribution in [0.2, 0.25) is 0 Å². The topological polar surface area (TPSA) is 18.5 Å². The van der Waals surface area contributed by atoms with E-state index < -0.39 is 8.56 Å². The van der Waals surface area contributed by atoms with E-state index >= 15 is 0 Å². The van der Waals surface area contributed by atoms with Crippen molar-refractivity contribution in [3.8, 4) is 0 Å². The van der Waals surface area contributed by atoms with Gasteiger partial charge in [0.25, 0.3) is 0 Å². The molecule has 0 atom stereocenters. The molecule has 0 spiro atoms. The third kappa shape index (κ3) is 3.32. The summed E-state index contributed by atoms with van der Waals surface area (Å²) >= 11 is 1.74. The van der Waals surface area contributed by atoms with Gasteiger partial charge in [-0.1, -0.05) is 78.5 Å². The molecule has 24 heavy (non-hydrogen) atoms. The van der Waals surface area contributed by atoms with E-state index in [0.29, 0.717) is 0 Å². The van der Waals surface area contributed by atoms with Gasteiger partial charge in [-0.05, 0) is 23.4 Å². The fourth-order valence-electron chi connectivity index (χ4n) is 2.80. The molecular formula is C20H20O2SSi. The van der Waals surface area contributed by atoms with E-state index in [4.69, 9.17) is 8.85 Å². The second kappa shape index (κ2) is 7.81. The van der Waals surface area contributed by atoms with Gasteiger partial charge in [-0.2, -0.15) is 0 Å². The molecule has 0 aromatic heterocycles. The Morgan fingerprint density at radius 2 is 1.21 bits per heavy atom. The summed E-state index contributed by atoms with van der Waals surface area (Å²) in [4.78, 5) is 2.37. The summed E-state index contributed by atoms with van der Waals surface area (Å²) in [6.45, 7) is 0. The van der Waals surface area contributed by atoms with E-state index in [1.807, 2.05) is 30.3 Å². The van der Waals surface area contributed by atoms with Gasteiger partial charge in [0, 0.05) is 29.2 Å². The fraction of sp³-hybridized carbons (Fsp3) is 0.100. The van der Waals surface area contributed by atoms with Crippen molar-refractivity contribution in [3.63, 3.8) is 0 Å². The van der Waals surface area contributed by atoms with Crippen LogP contribution in [0.5, 0.6) is 0 Å². The van der Waals surface area contributed by atoms with Crippen LogP contribution in [0.3, 0.4) is 0 Å². The first-order valence-electron chi connectivity index (χ1n) is 7.78. The summed E-state index contributed by atoms with van der Waals surface area (Å²) in [5.74, 6) is 0. The Morgan fingerprint density at radius 3 is 1.83 bits per heavy atom. The minimum atomic E-state index is -2.71. The van der Waals surface area contributed by atoms with Gasteiger partial charge in [0.2, 0.25) is 0 Å². The lowest BCUT2D eigenvalue weighted by molar-refractivity contribution is 0.272. The zero-order valence-electron chi connectivity index (χ0n) is 13.8. The first kappa shape index (κ1) is 17.0. The molecule has 0 bridgehead atoms. The lowest BCUT2D eigenvalue weighted by Gasteiger charge is -2.29. The molecule has 3 aromatic carbocycles. The fourth-order valence-corrected chi connectivity index (χ4v) is 6.97. The Kier molecular flexibility index (Phi) is 5.53. The Hall–Kier alpha value is -1.85. The molecule has 0 radical (unpaired) electrons. The Bertz CT molecular complexity index is 774. The molecule has 3 rings (SSSR count). The molecule has 0 saturated heterocycles. The number of hydrogen-bond donors (Lipinski definition) is 0. The molecule has 0 unspecified atom stereocenters. The normalized spacial score (nSPS) is 11.4. The summed E-state index contributed by atoms with van der Waals surface area (Å²) < 4.78 is 12.1. The van der Waals surface area contributed by atoms with Crippen LogP contribution in [0.15, 0.2) is 94.7 Å². The zero-order chi connectivity index (χ0) is 16.8. The van der Waals surface area contributed by atoms with E-state index in [-0.39, 0.29) is 0 Å². The third-order valence-electron chi connectivity index (χ3n) is 3.94. The van der Waals surface area contributed by atoms with Crippen molar-refractivity contribution in [1.82, 2.24) is 0 Å². The van der Waals surface area contributed by atoms with Gasteiger partial charge in [-0.25, -0.2) is 0 Å². The molecule has 0 aliphatic heterocycles. The lowest BCUT2D eigenvalue weighted by Crippen LogP contribution is -2.62. The Labute approximate surface area is 148 Å². The van der Waals surface area contributed by atoms with Gasteiger partial charge in [-0.15, -0.1) is 0 Å². The van der Waals surface area contributed by atoms with Crippen LogP contribution < -0.4 is 10.4 Å². The average molecular weight is 353 g/mol. The molecule has 0 saturated carbocycles. The largest absolute Gasteiger partial charge is 0.407 e. The minimum Gasteiger partial charge on any atom is -0.391 e. The molecule has 0 fully saturated rings. The summed E-state index contributed by atoms with van der Waals surface area (Å²) in [5, 5.41) is 2.24. The van der Waals surface area contributed by atoms with Crippen molar-refractivity contribution in [3.05, 3.63) is 84.9 Å². The van der Waals surface area contributed by atoms with Crippen molar-refractivity contribution in [2.45, 2.75) is 9.79 Å². The van der Waals surface area contributed by atoms with Crippen molar-refractivity contribution in [1.29, 1.82) is 0 Å². The summed E-state index contributed by atoms with van der Waals surface area (Å²) in [6.07, 6.45) is 0. The standard InChI is InChI=1S/C20H20O2SSi/c1-21-24(22-2,18-13-7-4-8-14-18)20-16-10-9-15-19(20)23-17-11-5-3-6-12-17/h3-16H,1-2H3. The summed E-state index contributed by atoms with van der Waals surface area (Å²) in [6, 6.07) is 29.0. The highest BCUT2D eigenvalue weighted by Crippen LogP contribution is 2.27. The van der Waals surface area contributed by atoms with E-state index in [1.165, 1.54) is 9.79 Å². The molecule has 3 aromatic rings. The number of rotatable bonds is 6. The van der Waals surface area contributed by atoms with Crippen LogP contribution in [0.1, 0.15) is 0 Å². The second-order valence-electron chi connectivity index (χ2n) is 5.30. The van der Waals surface area contributed by atoms with Gasteiger partial charge in [-0.3, -0.25) is 0 Å². The zero-order valence-corrected chi connectivity index (χ0v) is 15.6. The molecule has 0 aliphatic rings. The third-order valence-corrected chi connectivity index (χ3v) is 8.59. The van der Waals surface area contributed by atoms with Crippen LogP contribution in [0.25, 0.3) is 0 Å². The van der Waals surface area contributed by atoms with E-state index in [2.05, 4.69) is 54.6 Å². The molecule has 0 N–H and O–H groups in total.